The number of para-hydroxylation sites is 1. The van der Waals surface area contributed by atoms with Crippen LogP contribution in [0, 0.1) is 0 Å². The molecule has 0 radical (unpaired) electrons. The second kappa shape index (κ2) is 9.08. The molecule has 32 heavy (non-hydrogen) atoms. The normalized spacial score (nSPS) is 10.6. The molecule has 0 spiro atoms. The van der Waals surface area contributed by atoms with Gasteiger partial charge < -0.3 is 10.2 Å². The van der Waals surface area contributed by atoms with E-state index in [-0.39, 0.29) is 11.8 Å². The Labute approximate surface area is 191 Å². The summed E-state index contributed by atoms with van der Waals surface area (Å²) in [6.45, 7) is 0. The standard InChI is InChI=1S/C25H21ClN4O2/c1-29(2)25(32)18-7-6-8-20(15-18)27-24(31)23-16-22(17-11-13-19(26)14-12-17)28-30(23)21-9-4-3-5-10-21/h3-16H,1-2H3,(H,27,31). The first-order chi connectivity index (χ1) is 15.4. The van der Waals surface area contributed by atoms with Crippen molar-refractivity contribution in [1.82, 2.24) is 14.7 Å². The predicted molar refractivity (Wildman–Crippen MR) is 126 cm³/mol. The summed E-state index contributed by atoms with van der Waals surface area (Å²) in [5.74, 6) is -0.475. The number of rotatable bonds is 5. The molecule has 2 amide bonds. The van der Waals surface area contributed by atoms with Crippen molar-refractivity contribution in [2.75, 3.05) is 19.4 Å². The summed E-state index contributed by atoms with van der Waals surface area (Å²) in [4.78, 5) is 27.0. The maximum Gasteiger partial charge on any atom is 0.274 e. The first kappa shape index (κ1) is 21.3. The third-order valence-electron chi connectivity index (χ3n) is 4.86. The molecule has 0 unspecified atom stereocenters. The highest BCUT2D eigenvalue weighted by molar-refractivity contribution is 6.30. The van der Waals surface area contributed by atoms with Crippen LogP contribution in [-0.4, -0.2) is 40.6 Å². The SMILES string of the molecule is CN(C)C(=O)c1cccc(NC(=O)c2cc(-c3ccc(Cl)cc3)nn2-c2ccccc2)c1. The van der Waals surface area contributed by atoms with Crippen molar-refractivity contribution >= 4 is 29.1 Å². The monoisotopic (exact) mass is 444 g/mol. The number of aromatic nitrogens is 2. The topological polar surface area (TPSA) is 67.2 Å². The van der Waals surface area contributed by atoms with E-state index in [0.29, 0.717) is 27.7 Å². The summed E-state index contributed by atoms with van der Waals surface area (Å²) in [6, 6.07) is 25.3. The van der Waals surface area contributed by atoms with Gasteiger partial charge in [0.25, 0.3) is 11.8 Å². The van der Waals surface area contributed by atoms with Crippen molar-refractivity contribution in [3.8, 4) is 16.9 Å². The van der Waals surface area contributed by atoms with Crippen molar-refractivity contribution in [1.29, 1.82) is 0 Å². The van der Waals surface area contributed by atoms with Crippen LogP contribution in [0.2, 0.25) is 5.02 Å². The molecule has 0 aliphatic heterocycles. The van der Waals surface area contributed by atoms with Crippen LogP contribution in [0.4, 0.5) is 5.69 Å². The fourth-order valence-corrected chi connectivity index (χ4v) is 3.38. The van der Waals surface area contributed by atoms with E-state index in [9.17, 15) is 9.59 Å². The molecule has 0 aliphatic rings. The largest absolute Gasteiger partial charge is 0.345 e. The summed E-state index contributed by atoms with van der Waals surface area (Å²) in [6.07, 6.45) is 0. The maximum atomic E-state index is 13.2. The van der Waals surface area contributed by atoms with Gasteiger partial charge in [0.2, 0.25) is 0 Å². The minimum Gasteiger partial charge on any atom is -0.345 e. The Balaban J connectivity index is 1.70. The van der Waals surface area contributed by atoms with E-state index in [1.807, 2.05) is 42.5 Å². The average Bonchev–Trinajstić information content (AvgIpc) is 3.25. The van der Waals surface area contributed by atoms with Gasteiger partial charge in [-0.25, -0.2) is 4.68 Å². The minimum absolute atomic E-state index is 0.138. The zero-order chi connectivity index (χ0) is 22.7. The number of hydrogen-bond donors (Lipinski definition) is 1. The Morgan fingerprint density at radius 3 is 2.31 bits per heavy atom. The van der Waals surface area contributed by atoms with Crippen molar-refractivity contribution in [2.24, 2.45) is 0 Å². The van der Waals surface area contributed by atoms with Crippen LogP contribution in [0.25, 0.3) is 16.9 Å². The summed E-state index contributed by atoms with van der Waals surface area (Å²) < 4.78 is 1.61. The van der Waals surface area contributed by atoms with Crippen molar-refractivity contribution < 1.29 is 9.59 Å². The highest BCUT2D eigenvalue weighted by Crippen LogP contribution is 2.24. The Morgan fingerprint density at radius 2 is 1.62 bits per heavy atom. The molecule has 1 aromatic heterocycles. The number of halogens is 1. The molecule has 0 atom stereocenters. The van der Waals surface area contributed by atoms with Gasteiger partial charge in [0, 0.05) is 35.9 Å². The highest BCUT2D eigenvalue weighted by Gasteiger charge is 2.18. The molecule has 4 aromatic rings. The number of nitrogens with zero attached hydrogens (tertiary/aromatic N) is 3. The zero-order valence-electron chi connectivity index (χ0n) is 17.6. The lowest BCUT2D eigenvalue weighted by Gasteiger charge is -2.12. The van der Waals surface area contributed by atoms with E-state index in [2.05, 4.69) is 10.4 Å². The van der Waals surface area contributed by atoms with Crippen LogP contribution in [0.3, 0.4) is 0 Å². The van der Waals surface area contributed by atoms with Gasteiger partial charge in [-0.15, -0.1) is 0 Å². The minimum atomic E-state index is -0.337. The fourth-order valence-electron chi connectivity index (χ4n) is 3.25. The van der Waals surface area contributed by atoms with Crippen molar-refractivity contribution in [3.05, 3.63) is 101 Å². The molecule has 160 valence electrons. The number of benzene rings is 3. The van der Waals surface area contributed by atoms with Gasteiger partial charge in [0.15, 0.2) is 0 Å². The molecule has 3 aromatic carbocycles. The maximum absolute atomic E-state index is 13.2. The molecule has 6 nitrogen and oxygen atoms in total. The molecule has 1 heterocycles. The van der Waals surface area contributed by atoms with Gasteiger partial charge in [-0.3, -0.25) is 9.59 Å². The van der Waals surface area contributed by atoms with E-state index in [0.717, 1.165) is 11.3 Å². The number of hydrogen-bond acceptors (Lipinski definition) is 3. The Bertz CT molecular complexity index is 1260. The number of nitrogens with one attached hydrogen (secondary N) is 1. The molecule has 0 saturated carbocycles. The number of carbonyl (C=O) groups is 2. The van der Waals surface area contributed by atoms with Crippen molar-refractivity contribution in [3.63, 3.8) is 0 Å². The quantitative estimate of drug-likeness (QED) is 0.463. The van der Waals surface area contributed by atoms with Crippen LogP contribution in [0.15, 0.2) is 84.9 Å². The first-order valence-electron chi connectivity index (χ1n) is 9.97. The van der Waals surface area contributed by atoms with Crippen LogP contribution >= 0.6 is 11.6 Å². The summed E-state index contributed by atoms with van der Waals surface area (Å²) in [5.41, 5.74) is 3.63. The van der Waals surface area contributed by atoms with E-state index in [1.54, 1.807) is 61.2 Å². The molecule has 4 rings (SSSR count). The van der Waals surface area contributed by atoms with Crippen LogP contribution in [0.1, 0.15) is 20.8 Å². The van der Waals surface area contributed by atoms with E-state index in [4.69, 9.17) is 11.6 Å². The van der Waals surface area contributed by atoms with Crippen LogP contribution < -0.4 is 5.32 Å². The third-order valence-corrected chi connectivity index (χ3v) is 5.11. The first-order valence-corrected chi connectivity index (χ1v) is 10.3. The molecule has 0 bridgehead atoms. The average molecular weight is 445 g/mol. The fraction of sp³-hybridized carbons (Fsp3) is 0.0800. The lowest BCUT2D eigenvalue weighted by Crippen LogP contribution is -2.22. The molecule has 0 aliphatic carbocycles. The number of anilines is 1. The molecule has 1 N–H and O–H groups in total. The highest BCUT2D eigenvalue weighted by atomic mass is 35.5. The Morgan fingerprint density at radius 1 is 0.906 bits per heavy atom. The molecular weight excluding hydrogens is 424 g/mol. The van der Waals surface area contributed by atoms with Gasteiger partial charge in [0.05, 0.1) is 11.4 Å². The van der Waals surface area contributed by atoms with Gasteiger partial charge in [0.1, 0.15) is 5.69 Å². The third kappa shape index (κ3) is 4.55. The van der Waals surface area contributed by atoms with E-state index >= 15 is 0 Å². The van der Waals surface area contributed by atoms with Gasteiger partial charge in [-0.05, 0) is 48.5 Å². The van der Waals surface area contributed by atoms with Crippen molar-refractivity contribution in [2.45, 2.75) is 0 Å². The predicted octanol–water partition coefficient (Wildman–Crippen LogP) is 5.15. The second-order valence-electron chi connectivity index (χ2n) is 7.40. The van der Waals surface area contributed by atoms with Gasteiger partial charge >= 0.3 is 0 Å². The van der Waals surface area contributed by atoms with E-state index < -0.39 is 0 Å². The summed E-state index contributed by atoms with van der Waals surface area (Å²) in [5, 5.41) is 8.18. The molecule has 7 heteroatoms. The number of carbonyl (C=O) groups excluding carboxylic acids is 2. The summed E-state index contributed by atoms with van der Waals surface area (Å²) >= 11 is 6.01. The Kier molecular flexibility index (Phi) is 6.05. The van der Waals surface area contributed by atoms with E-state index in [1.165, 1.54) is 4.90 Å². The Hall–Kier alpha value is -3.90. The van der Waals surface area contributed by atoms with Gasteiger partial charge in [-0.1, -0.05) is 48.0 Å². The van der Waals surface area contributed by atoms with Crippen LogP contribution in [-0.2, 0) is 0 Å². The smallest absolute Gasteiger partial charge is 0.274 e. The molecule has 0 saturated heterocycles. The molecule has 0 fully saturated rings. The second-order valence-corrected chi connectivity index (χ2v) is 7.84. The summed E-state index contributed by atoms with van der Waals surface area (Å²) in [7, 11) is 3.37. The zero-order valence-corrected chi connectivity index (χ0v) is 18.4. The lowest BCUT2D eigenvalue weighted by atomic mass is 10.1. The van der Waals surface area contributed by atoms with Crippen LogP contribution in [0.5, 0.6) is 0 Å². The van der Waals surface area contributed by atoms with Gasteiger partial charge in [-0.2, -0.15) is 5.10 Å². The molecular formula is C25H21ClN4O2. The number of amides is 2. The lowest BCUT2D eigenvalue weighted by molar-refractivity contribution is 0.0827.